The zero-order valence-corrected chi connectivity index (χ0v) is 12.3. The van der Waals surface area contributed by atoms with Crippen LogP contribution in [0.15, 0.2) is 0 Å². The van der Waals surface area contributed by atoms with Gasteiger partial charge in [0.1, 0.15) is 17.9 Å². The second-order valence-corrected chi connectivity index (χ2v) is 5.28. The third-order valence-electron chi connectivity index (χ3n) is 2.36. The van der Waals surface area contributed by atoms with Crippen LogP contribution in [0.25, 0.3) is 0 Å². The zero-order chi connectivity index (χ0) is 15.1. The van der Waals surface area contributed by atoms with E-state index in [1.807, 2.05) is 0 Å². The number of carbonyl (C=O) groups excluding carboxylic acids is 3. The predicted molar refractivity (Wildman–Crippen MR) is 69.6 cm³/mol. The van der Waals surface area contributed by atoms with Crippen molar-refractivity contribution in [3.8, 4) is 0 Å². The normalized spacial score (nSPS) is 12.9. The van der Waals surface area contributed by atoms with Gasteiger partial charge in [-0.05, 0) is 34.2 Å². The van der Waals surface area contributed by atoms with Gasteiger partial charge in [-0.1, -0.05) is 0 Å². The number of ether oxygens (including phenoxy) is 2. The Hall–Kier alpha value is -1.43. The molecule has 0 spiro atoms. The maximum absolute atomic E-state index is 11.7. The summed E-state index contributed by atoms with van der Waals surface area (Å²) in [6, 6.07) is -0.622. The first-order chi connectivity index (χ1) is 8.71. The third-order valence-corrected chi connectivity index (χ3v) is 2.36. The number of methoxy groups -OCH3 is 1. The summed E-state index contributed by atoms with van der Waals surface area (Å²) in [4.78, 5) is 35.2. The van der Waals surface area contributed by atoms with Gasteiger partial charge in [0, 0.05) is 6.42 Å². The standard InChI is InChI=1S/C13H23NO5/c1-13(2,3)19-11(16)9-14(4)10(7-6-8-15)12(17)18-5/h8,10H,6-7,9H2,1-5H3. The van der Waals surface area contributed by atoms with Gasteiger partial charge < -0.3 is 14.3 Å². The van der Waals surface area contributed by atoms with Crippen molar-refractivity contribution >= 4 is 18.2 Å². The van der Waals surface area contributed by atoms with E-state index in [0.717, 1.165) is 6.29 Å². The molecule has 0 aliphatic rings. The van der Waals surface area contributed by atoms with Crippen LogP contribution >= 0.6 is 0 Å². The predicted octanol–water partition coefficient (Wildman–Crippen LogP) is 0.781. The first-order valence-electron chi connectivity index (χ1n) is 6.14. The summed E-state index contributed by atoms with van der Waals surface area (Å²) in [5, 5.41) is 0. The van der Waals surface area contributed by atoms with Crippen molar-refractivity contribution in [3.63, 3.8) is 0 Å². The first kappa shape index (κ1) is 17.6. The first-order valence-corrected chi connectivity index (χ1v) is 6.14. The molecule has 0 aromatic rings. The summed E-state index contributed by atoms with van der Waals surface area (Å²) in [7, 11) is 2.90. The molecule has 0 rings (SSSR count). The van der Waals surface area contributed by atoms with E-state index in [1.165, 1.54) is 12.0 Å². The highest BCUT2D eigenvalue weighted by Crippen LogP contribution is 2.10. The summed E-state index contributed by atoms with van der Waals surface area (Å²) >= 11 is 0. The Labute approximate surface area is 114 Å². The minimum atomic E-state index is -0.622. The molecule has 6 nitrogen and oxygen atoms in total. The Balaban J connectivity index is 4.54. The molecule has 0 heterocycles. The van der Waals surface area contributed by atoms with Crippen molar-refractivity contribution in [3.05, 3.63) is 0 Å². The minimum absolute atomic E-state index is 0.0319. The van der Waals surface area contributed by atoms with Gasteiger partial charge >= 0.3 is 11.9 Å². The van der Waals surface area contributed by atoms with Crippen molar-refractivity contribution in [2.24, 2.45) is 0 Å². The monoisotopic (exact) mass is 273 g/mol. The molecule has 0 radical (unpaired) electrons. The number of hydrogen-bond acceptors (Lipinski definition) is 6. The van der Waals surface area contributed by atoms with E-state index in [2.05, 4.69) is 4.74 Å². The highest BCUT2D eigenvalue weighted by molar-refractivity contribution is 5.78. The quantitative estimate of drug-likeness (QED) is 0.504. The van der Waals surface area contributed by atoms with Gasteiger partial charge in [0.2, 0.25) is 0 Å². The van der Waals surface area contributed by atoms with Crippen LogP contribution in [0.4, 0.5) is 0 Å². The van der Waals surface area contributed by atoms with E-state index in [4.69, 9.17) is 4.74 Å². The molecule has 110 valence electrons. The maximum atomic E-state index is 11.7. The Morgan fingerprint density at radius 3 is 2.32 bits per heavy atom. The molecule has 0 fully saturated rings. The van der Waals surface area contributed by atoms with Crippen LogP contribution in [0.5, 0.6) is 0 Å². The van der Waals surface area contributed by atoms with Crippen LogP contribution in [0.3, 0.4) is 0 Å². The molecule has 0 N–H and O–H groups in total. The largest absolute Gasteiger partial charge is 0.468 e. The molecular formula is C13H23NO5. The van der Waals surface area contributed by atoms with E-state index < -0.39 is 23.6 Å². The molecular weight excluding hydrogens is 250 g/mol. The molecule has 0 aromatic heterocycles. The second kappa shape index (κ2) is 7.89. The SMILES string of the molecule is COC(=O)C(CCC=O)N(C)CC(=O)OC(C)(C)C. The smallest absolute Gasteiger partial charge is 0.323 e. The lowest BCUT2D eigenvalue weighted by molar-refractivity contribution is -0.158. The van der Waals surface area contributed by atoms with E-state index in [0.29, 0.717) is 6.42 Å². The summed E-state index contributed by atoms with van der Waals surface area (Å²) < 4.78 is 9.84. The van der Waals surface area contributed by atoms with E-state index >= 15 is 0 Å². The zero-order valence-electron chi connectivity index (χ0n) is 12.3. The Kier molecular flexibility index (Phi) is 7.29. The number of likely N-dealkylation sites (N-methyl/N-ethyl adjacent to an activating group) is 1. The van der Waals surface area contributed by atoms with E-state index in [-0.39, 0.29) is 13.0 Å². The lowest BCUT2D eigenvalue weighted by Gasteiger charge is -2.26. The average Bonchev–Trinajstić information content (AvgIpc) is 2.26. The van der Waals surface area contributed by atoms with E-state index in [9.17, 15) is 14.4 Å². The van der Waals surface area contributed by atoms with Gasteiger partial charge in [0.15, 0.2) is 0 Å². The van der Waals surface area contributed by atoms with Gasteiger partial charge in [0.25, 0.3) is 0 Å². The van der Waals surface area contributed by atoms with Gasteiger partial charge in [-0.3, -0.25) is 14.5 Å². The molecule has 19 heavy (non-hydrogen) atoms. The highest BCUT2D eigenvalue weighted by atomic mass is 16.6. The van der Waals surface area contributed by atoms with Crippen molar-refractivity contribution in [1.29, 1.82) is 0 Å². The van der Waals surface area contributed by atoms with Crippen molar-refractivity contribution < 1.29 is 23.9 Å². The molecule has 0 bridgehead atoms. The molecule has 0 amide bonds. The lowest BCUT2D eigenvalue weighted by Crippen LogP contribution is -2.43. The molecule has 0 aromatic carbocycles. The number of aldehydes is 1. The van der Waals surface area contributed by atoms with Crippen LogP contribution in [0.1, 0.15) is 33.6 Å². The number of nitrogens with zero attached hydrogens (tertiary/aromatic N) is 1. The fraction of sp³-hybridized carbons (Fsp3) is 0.769. The highest BCUT2D eigenvalue weighted by Gasteiger charge is 2.26. The van der Waals surface area contributed by atoms with Crippen LogP contribution in [0.2, 0.25) is 0 Å². The average molecular weight is 273 g/mol. The van der Waals surface area contributed by atoms with Crippen molar-refractivity contribution in [2.75, 3.05) is 20.7 Å². The Morgan fingerprint density at radius 2 is 1.89 bits per heavy atom. The lowest BCUT2D eigenvalue weighted by atomic mass is 10.1. The Bertz CT molecular complexity index is 321. The van der Waals surface area contributed by atoms with Crippen LogP contribution in [-0.4, -0.2) is 55.5 Å². The minimum Gasteiger partial charge on any atom is -0.468 e. The molecule has 0 aliphatic carbocycles. The van der Waals surface area contributed by atoms with E-state index in [1.54, 1.807) is 27.8 Å². The Morgan fingerprint density at radius 1 is 1.32 bits per heavy atom. The van der Waals surface area contributed by atoms with Gasteiger partial charge in [-0.15, -0.1) is 0 Å². The molecule has 0 saturated carbocycles. The summed E-state index contributed by atoms with van der Waals surface area (Å²) in [6.45, 7) is 5.29. The number of carbonyl (C=O) groups is 3. The number of rotatable bonds is 7. The summed E-state index contributed by atoms with van der Waals surface area (Å²) in [5.41, 5.74) is -0.568. The van der Waals surface area contributed by atoms with Gasteiger partial charge in [-0.2, -0.15) is 0 Å². The van der Waals surface area contributed by atoms with Crippen LogP contribution < -0.4 is 0 Å². The van der Waals surface area contributed by atoms with Crippen LogP contribution in [0, 0.1) is 0 Å². The molecule has 6 heteroatoms. The number of hydrogen-bond donors (Lipinski definition) is 0. The van der Waals surface area contributed by atoms with Crippen molar-refractivity contribution in [1.82, 2.24) is 4.90 Å². The topological polar surface area (TPSA) is 72.9 Å². The third kappa shape index (κ3) is 7.56. The van der Waals surface area contributed by atoms with Gasteiger partial charge in [0.05, 0.1) is 13.7 Å². The second-order valence-electron chi connectivity index (χ2n) is 5.28. The summed E-state index contributed by atoms with van der Waals surface area (Å²) in [6.07, 6.45) is 1.28. The van der Waals surface area contributed by atoms with Crippen molar-refractivity contribution in [2.45, 2.75) is 45.3 Å². The number of esters is 2. The van der Waals surface area contributed by atoms with Crippen LogP contribution in [-0.2, 0) is 23.9 Å². The molecule has 1 atom stereocenters. The molecule has 0 saturated heterocycles. The summed E-state index contributed by atoms with van der Waals surface area (Å²) in [5.74, 6) is -0.886. The van der Waals surface area contributed by atoms with Gasteiger partial charge in [-0.25, -0.2) is 0 Å². The molecule has 0 aliphatic heterocycles. The fourth-order valence-electron chi connectivity index (χ4n) is 1.57. The fourth-order valence-corrected chi connectivity index (χ4v) is 1.57. The molecule has 1 unspecified atom stereocenters. The maximum Gasteiger partial charge on any atom is 0.323 e.